The summed E-state index contributed by atoms with van der Waals surface area (Å²) in [5.41, 5.74) is 0. The van der Waals surface area contributed by atoms with Crippen molar-refractivity contribution in [3.63, 3.8) is 0 Å². The van der Waals surface area contributed by atoms with Crippen molar-refractivity contribution in [3.8, 4) is 0 Å². The Kier molecular flexibility index (Phi) is 6.09. The molecule has 0 radical (unpaired) electrons. The molecule has 0 unspecified atom stereocenters. The molecular formula is C14H24O3. The zero-order valence-corrected chi connectivity index (χ0v) is 11.1. The van der Waals surface area contributed by atoms with Gasteiger partial charge in [-0.3, -0.25) is 4.79 Å². The standard InChI is InChI=1S/C14H24O3/c1-11(10-17-12(2)15)5-4-6-13-9-14(13)7-8-16-3/h7-8,11,13-14H,4-6,9-10H2,1-3H3/b8-7+/t11-,13-,14+/m0/s1. The van der Waals surface area contributed by atoms with Crippen molar-refractivity contribution in [2.75, 3.05) is 13.7 Å². The van der Waals surface area contributed by atoms with E-state index in [2.05, 4.69) is 13.0 Å². The van der Waals surface area contributed by atoms with Crippen LogP contribution in [0.1, 0.15) is 39.5 Å². The van der Waals surface area contributed by atoms with Gasteiger partial charge in [-0.2, -0.15) is 0 Å². The van der Waals surface area contributed by atoms with Crippen LogP contribution in [-0.4, -0.2) is 19.7 Å². The first kappa shape index (κ1) is 14.1. The Morgan fingerprint density at radius 3 is 2.94 bits per heavy atom. The van der Waals surface area contributed by atoms with Crippen molar-refractivity contribution < 1.29 is 14.3 Å². The monoisotopic (exact) mass is 240 g/mol. The molecule has 98 valence electrons. The number of carbonyl (C=O) groups excluding carboxylic acids is 1. The molecule has 0 aromatic rings. The first-order chi connectivity index (χ1) is 8.13. The molecule has 17 heavy (non-hydrogen) atoms. The molecule has 1 rings (SSSR count). The van der Waals surface area contributed by atoms with Crippen LogP contribution < -0.4 is 0 Å². The Morgan fingerprint density at radius 1 is 1.53 bits per heavy atom. The van der Waals surface area contributed by atoms with Gasteiger partial charge in [-0.15, -0.1) is 0 Å². The van der Waals surface area contributed by atoms with Crippen LogP contribution in [0.2, 0.25) is 0 Å². The van der Waals surface area contributed by atoms with Gasteiger partial charge in [-0.25, -0.2) is 0 Å². The Balaban J connectivity index is 1.98. The van der Waals surface area contributed by atoms with Crippen LogP contribution in [-0.2, 0) is 14.3 Å². The molecule has 0 spiro atoms. The lowest BCUT2D eigenvalue weighted by atomic mass is 10.0. The highest BCUT2D eigenvalue weighted by Gasteiger charge is 2.33. The molecule has 0 aliphatic heterocycles. The van der Waals surface area contributed by atoms with E-state index in [-0.39, 0.29) is 5.97 Å². The van der Waals surface area contributed by atoms with E-state index in [9.17, 15) is 4.79 Å². The van der Waals surface area contributed by atoms with Crippen molar-refractivity contribution in [1.82, 2.24) is 0 Å². The lowest BCUT2D eigenvalue weighted by molar-refractivity contribution is -0.142. The van der Waals surface area contributed by atoms with Gasteiger partial charge in [0.2, 0.25) is 0 Å². The summed E-state index contributed by atoms with van der Waals surface area (Å²) in [4.78, 5) is 10.6. The maximum atomic E-state index is 10.6. The van der Waals surface area contributed by atoms with E-state index >= 15 is 0 Å². The van der Waals surface area contributed by atoms with E-state index in [0.29, 0.717) is 12.5 Å². The molecule has 3 nitrogen and oxygen atoms in total. The van der Waals surface area contributed by atoms with E-state index in [1.807, 2.05) is 0 Å². The Morgan fingerprint density at radius 2 is 2.29 bits per heavy atom. The summed E-state index contributed by atoms with van der Waals surface area (Å²) in [5, 5.41) is 0. The summed E-state index contributed by atoms with van der Waals surface area (Å²) < 4.78 is 9.89. The van der Waals surface area contributed by atoms with Crippen molar-refractivity contribution in [3.05, 3.63) is 12.3 Å². The highest BCUT2D eigenvalue weighted by molar-refractivity contribution is 5.65. The molecule has 0 amide bonds. The lowest BCUT2D eigenvalue weighted by Crippen LogP contribution is -2.09. The smallest absolute Gasteiger partial charge is 0.302 e. The molecule has 0 N–H and O–H groups in total. The number of rotatable bonds is 8. The minimum atomic E-state index is -0.177. The SMILES string of the molecule is CO/C=C/[C@@H]1C[C@@H]1CCC[C@H](C)COC(C)=O. The molecule has 3 heteroatoms. The topological polar surface area (TPSA) is 35.5 Å². The van der Waals surface area contributed by atoms with Gasteiger partial charge in [0.05, 0.1) is 20.0 Å². The first-order valence-electron chi connectivity index (χ1n) is 6.46. The van der Waals surface area contributed by atoms with Crippen LogP contribution in [0.5, 0.6) is 0 Å². The van der Waals surface area contributed by atoms with E-state index in [1.165, 1.54) is 26.2 Å². The van der Waals surface area contributed by atoms with Gasteiger partial charge < -0.3 is 9.47 Å². The average molecular weight is 240 g/mol. The van der Waals surface area contributed by atoms with Crippen molar-refractivity contribution >= 4 is 5.97 Å². The van der Waals surface area contributed by atoms with Gasteiger partial charge >= 0.3 is 5.97 Å². The zero-order chi connectivity index (χ0) is 12.7. The molecule has 1 aliphatic carbocycles. The predicted molar refractivity (Wildman–Crippen MR) is 67.4 cm³/mol. The van der Waals surface area contributed by atoms with Gasteiger partial charge in [0.25, 0.3) is 0 Å². The van der Waals surface area contributed by atoms with Crippen LogP contribution in [0.4, 0.5) is 0 Å². The fraction of sp³-hybridized carbons (Fsp3) is 0.786. The van der Waals surface area contributed by atoms with Crippen LogP contribution in [0.15, 0.2) is 12.3 Å². The summed E-state index contributed by atoms with van der Waals surface area (Å²) in [6, 6.07) is 0. The van der Waals surface area contributed by atoms with Crippen LogP contribution in [0, 0.1) is 17.8 Å². The first-order valence-corrected chi connectivity index (χ1v) is 6.46. The lowest BCUT2D eigenvalue weighted by Gasteiger charge is -2.10. The molecule has 0 aromatic carbocycles. The van der Waals surface area contributed by atoms with Gasteiger partial charge in [0, 0.05) is 6.92 Å². The summed E-state index contributed by atoms with van der Waals surface area (Å²) in [5.74, 6) is 1.88. The molecule has 3 atom stereocenters. The number of esters is 1. The fourth-order valence-corrected chi connectivity index (χ4v) is 2.09. The highest BCUT2D eigenvalue weighted by Crippen LogP contribution is 2.43. The molecule has 0 aromatic heterocycles. The Labute approximate surface area is 104 Å². The van der Waals surface area contributed by atoms with Crippen LogP contribution >= 0.6 is 0 Å². The Bertz CT molecular complexity index is 260. The highest BCUT2D eigenvalue weighted by atomic mass is 16.5. The molecule has 1 aliphatic rings. The maximum absolute atomic E-state index is 10.6. The van der Waals surface area contributed by atoms with E-state index in [4.69, 9.17) is 9.47 Å². The molecule has 0 saturated heterocycles. The van der Waals surface area contributed by atoms with Crippen molar-refractivity contribution in [2.45, 2.75) is 39.5 Å². The normalized spacial score (nSPS) is 24.6. The van der Waals surface area contributed by atoms with Gasteiger partial charge in [0.15, 0.2) is 0 Å². The van der Waals surface area contributed by atoms with Gasteiger partial charge in [-0.05, 0) is 43.1 Å². The summed E-state index contributed by atoms with van der Waals surface area (Å²) in [6.45, 7) is 4.16. The number of allylic oxidation sites excluding steroid dienone is 1. The van der Waals surface area contributed by atoms with Crippen LogP contribution in [0.3, 0.4) is 0 Å². The second-order valence-electron chi connectivity index (χ2n) is 5.06. The quantitative estimate of drug-likeness (QED) is 0.483. The van der Waals surface area contributed by atoms with Gasteiger partial charge in [-0.1, -0.05) is 13.3 Å². The minimum absolute atomic E-state index is 0.177. The predicted octanol–water partition coefficient (Wildman–Crippen LogP) is 3.15. The van der Waals surface area contributed by atoms with E-state index < -0.39 is 0 Å². The van der Waals surface area contributed by atoms with Crippen LogP contribution in [0.25, 0.3) is 0 Å². The summed E-state index contributed by atoms with van der Waals surface area (Å²) in [7, 11) is 1.69. The minimum Gasteiger partial charge on any atom is -0.505 e. The average Bonchev–Trinajstić information content (AvgIpc) is 3.02. The summed E-state index contributed by atoms with van der Waals surface area (Å²) >= 11 is 0. The number of carbonyl (C=O) groups is 1. The molecule has 0 bridgehead atoms. The molecule has 1 fully saturated rings. The second kappa shape index (κ2) is 7.36. The third-order valence-corrected chi connectivity index (χ3v) is 3.28. The third-order valence-electron chi connectivity index (χ3n) is 3.28. The summed E-state index contributed by atoms with van der Waals surface area (Å²) in [6.07, 6.45) is 8.90. The number of methoxy groups -OCH3 is 1. The molecular weight excluding hydrogens is 216 g/mol. The number of ether oxygens (including phenoxy) is 2. The third kappa shape index (κ3) is 6.35. The van der Waals surface area contributed by atoms with E-state index in [0.717, 1.165) is 18.3 Å². The zero-order valence-electron chi connectivity index (χ0n) is 11.1. The largest absolute Gasteiger partial charge is 0.505 e. The number of hydrogen-bond donors (Lipinski definition) is 0. The van der Waals surface area contributed by atoms with Gasteiger partial charge in [0.1, 0.15) is 0 Å². The molecule has 1 saturated carbocycles. The second-order valence-corrected chi connectivity index (χ2v) is 5.06. The Hall–Kier alpha value is -0.990. The molecule has 0 heterocycles. The maximum Gasteiger partial charge on any atom is 0.302 e. The van der Waals surface area contributed by atoms with E-state index in [1.54, 1.807) is 13.4 Å². The van der Waals surface area contributed by atoms with Crippen molar-refractivity contribution in [1.29, 1.82) is 0 Å². The fourth-order valence-electron chi connectivity index (χ4n) is 2.09. The number of hydrogen-bond acceptors (Lipinski definition) is 3. The van der Waals surface area contributed by atoms with Crippen molar-refractivity contribution in [2.24, 2.45) is 17.8 Å².